The van der Waals surface area contributed by atoms with E-state index in [4.69, 9.17) is 4.74 Å². The summed E-state index contributed by atoms with van der Waals surface area (Å²) >= 11 is 0. The highest BCUT2D eigenvalue weighted by molar-refractivity contribution is 6.03. The topological polar surface area (TPSA) is 101 Å². The molecule has 2 N–H and O–H groups in total. The van der Waals surface area contributed by atoms with Crippen LogP contribution in [0.1, 0.15) is 43.9 Å². The number of benzene rings is 2. The van der Waals surface area contributed by atoms with Crippen molar-refractivity contribution in [3.8, 4) is 5.75 Å². The molecular formula is C28H32N4O4. The van der Waals surface area contributed by atoms with Gasteiger partial charge in [0.1, 0.15) is 17.6 Å². The van der Waals surface area contributed by atoms with Crippen LogP contribution in [0.15, 0.2) is 72.9 Å². The quantitative estimate of drug-likeness (QED) is 0.440. The molecule has 0 spiro atoms. The lowest BCUT2D eigenvalue weighted by Gasteiger charge is -2.33. The number of rotatable bonds is 10. The Labute approximate surface area is 211 Å². The van der Waals surface area contributed by atoms with E-state index in [1.807, 2.05) is 39.0 Å². The largest absolute Gasteiger partial charge is 0.497 e. The number of aromatic nitrogens is 1. The van der Waals surface area contributed by atoms with Crippen molar-refractivity contribution in [1.82, 2.24) is 10.3 Å². The highest BCUT2D eigenvalue weighted by atomic mass is 16.5. The van der Waals surface area contributed by atoms with Crippen molar-refractivity contribution in [2.75, 3.05) is 17.3 Å². The molecule has 2 aromatic carbocycles. The highest BCUT2D eigenvalue weighted by Crippen LogP contribution is 2.32. The zero-order valence-corrected chi connectivity index (χ0v) is 21.0. The molecule has 8 heteroatoms. The van der Waals surface area contributed by atoms with Crippen LogP contribution in [-0.4, -0.2) is 35.9 Å². The van der Waals surface area contributed by atoms with Gasteiger partial charge in [-0.2, -0.15) is 0 Å². The Balaban J connectivity index is 1.95. The fourth-order valence-electron chi connectivity index (χ4n) is 3.80. The van der Waals surface area contributed by atoms with Gasteiger partial charge in [-0.3, -0.25) is 19.3 Å². The van der Waals surface area contributed by atoms with E-state index in [0.29, 0.717) is 22.8 Å². The number of hydrogen-bond acceptors (Lipinski definition) is 5. The van der Waals surface area contributed by atoms with Gasteiger partial charge in [0, 0.05) is 30.8 Å². The van der Waals surface area contributed by atoms with Crippen molar-refractivity contribution >= 4 is 29.2 Å². The van der Waals surface area contributed by atoms with Crippen LogP contribution >= 0.6 is 0 Å². The number of anilines is 2. The number of hydrogen-bond donors (Lipinski definition) is 2. The third-order valence-corrected chi connectivity index (χ3v) is 5.51. The van der Waals surface area contributed by atoms with E-state index in [1.54, 1.807) is 61.8 Å². The zero-order chi connectivity index (χ0) is 26.1. The van der Waals surface area contributed by atoms with Crippen molar-refractivity contribution in [2.45, 2.75) is 45.7 Å². The lowest BCUT2D eigenvalue weighted by Crippen LogP contribution is -2.46. The molecular weight excluding hydrogens is 456 g/mol. The van der Waals surface area contributed by atoms with Gasteiger partial charge in [0.05, 0.1) is 7.11 Å². The number of para-hydroxylation sites is 1. The molecule has 0 aliphatic carbocycles. The second-order valence-corrected chi connectivity index (χ2v) is 8.65. The second kappa shape index (κ2) is 12.5. The van der Waals surface area contributed by atoms with Crippen LogP contribution in [0.2, 0.25) is 0 Å². The van der Waals surface area contributed by atoms with Gasteiger partial charge in [-0.1, -0.05) is 36.4 Å². The molecule has 0 fully saturated rings. The molecule has 188 valence electrons. The third kappa shape index (κ3) is 6.91. The van der Waals surface area contributed by atoms with Crippen molar-refractivity contribution in [3.05, 3.63) is 84.1 Å². The molecule has 0 aliphatic heterocycles. The van der Waals surface area contributed by atoms with Gasteiger partial charge in [0.15, 0.2) is 0 Å². The molecule has 3 aromatic rings. The molecule has 0 saturated heterocycles. The van der Waals surface area contributed by atoms with Gasteiger partial charge in [0.2, 0.25) is 17.7 Å². The van der Waals surface area contributed by atoms with Crippen molar-refractivity contribution in [2.24, 2.45) is 0 Å². The molecule has 1 aromatic heterocycles. The molecule has 1 atom stereocenters. The van der Waals surface area contributed by atoms with Gasteiger partial charge in [-0.05, 0) is 62.2 Å². The summed E-state index contributed by atoms with van der Waals surface area (Å²) in [6, 6.07) is 18.6. The standard InChI is InChI=1S/C28H32N4O4/c1-19(2)30-28(35)27(21-12-14-22(36-4)15-13-21)32(23-10-6-5-9-20(23)3)26(34)17-16-25(33)31-24-11-7-8-18-29-24/h5-15,18-19,27H,16-17H2,1-4H3,(H,30,35)(H,29,31,33)/t27-/m1/s1. The van der Waals surface area contributed by atoms with E-state index < -0.39 is 6.04 Å². The summed E-state index contributed by atoms with van der Waals surface area (Å²) in [7, 11) is 1.57. The first-order valence-corrected chi connectivity index (χ1v) is 11.8. The summed E-state index contributed by atoms with van der Waals surface area (Å²) in [6.45, 7) is 5.62. The number of nitrogens with one attached hydrogen (secondary N) is 2. The fraction of sp³-hybridized carbons (Fsp3) is 0.286. The molecule has 0 unspecified atom stereocenters. The Morgan fingerprint density at radius 2 is 1.64 bits per heavy atom. The number of carbonyl (C=O) groups is 3. The third-order valence-electron chi connectivity index (χ3n) is 5.51. The van der Waals surface area contributed by atoms with E-state index >= 15 is 0 Å². The summed E-state index contributed by atoms with van der Waals surface area (Å²) in [6.07, 6.45) is 1.43. The van der Waals surface area contributed by atoms with Crippen LogP contribution in [-0.2, 0) is 14.4 Å². The van der Waals surface area contributed by atoms with Gasteiger partial charge in [-0.25, -0.2) is 4.98 Å². The maximum absolute atomic E-state index is 13.7. The minimum absolute atomic E-state index is 0.0566. The average molecular weight is 489 g/mol. The maximum Gasteiger partial charge on any atom is 0.248 e. The summed E-state index contributed by atoms with van der Waals surface area (Å²) in [5.74, 6) is 0.0594. The van der Waals surface area contributed by atoms with Gasteiger partial charge in [-0.15, -0.1) is 0 Å². The van der Waals surface area contributed by atoms with E-state index in [1.165, 1.54) is 4.90 Å². The van der Waals surface area contributed by atoms with Gasteiger partial charge in [0.25, 0.3) is 0 Å². The summed E-state index contributed by atoms with van der Waals surface area (Å²) in [5.41, 5.74) is 2.07. The maximum atomic E-state index is 13.7. The van der Waals surface area contributed by atoms with Crippen LogP contribution in [0.5, 0.6) is 5.75 Å². The second-order valence-electron chi connectivity index (χ2n) is 8.65. The number of carbonyl (C=O) groups excluding carboxylic acids is 3. The number of aryl methyl sites for hydroxylation is 1. The van der Waals surface area contributed by atoms with Crippen LogP contribution in [0.25, 0.3) is 0 Å². The molecule has 3 amide bonds. The van der Waals surface area contributed by atoms with E-state index in [9.17, 15) is 14.4 Å². The lowest BCUT2D eigenvalue weighted by molar-refractivity contribution is -0.127. The van der Waals surface area contributed by atoms with E-state index in [-0.39, 0.29) is 36.6 Å². The van der Waals surface area contributed by atoms with Gasteiger partial charge >= 0.3 is 0 Å². The molecule has 36 heavy (non-hydrogen) atoms. The van der Waals surface area contributed by atoms with Crippen LogP contribution in [0, 0.1) is 6.92 Å². The Bertz CT molecular complexity index is 1180. The molecule has 0 aliphatic rings. The zero-order valence-electron chi connectivity index (χ0n) is 21.0. The Hall–Kier alpha value is -4.20. The van der Waals surface area contributed by atoms with Crippen molar-refractivity contribution < 1.29 is 19.1 Å². The predicted molar refractivity (Wildman–Crippen MR) is 140 cm³/mol. The molecule has 8 nitrogen and oxygen atoms in total. The van der Waals surface area contributed by atoms with Crippen LogP contribution < -0.4 is 20.3 Å². The first kappa shape index (κ1) is 26.4. The molecule has 0 bridgehead atoms. The number of methoxy groups -OCH3 is 1. The minimum atomic E-state index is -0.939. The SMILES string of the molecule is COc1ccc([C@H](C(=O)NC(C)C)N(C(=O)CCC(=O)Nc2ccccn2)c2ccccc2C)cc1. The fourth-order valence-corrected chi connectivity index (χ4v) is 3.80. The van der Waals surface area contributed by atoms with Crippen LogP contribution in [0.4, 0.5) is 11.5 Å². The van der Waals surface area contributed by atoms with Crippen LogP contribution in [0.3, 0.4) is 0 Å². The first-order valence-electron chi connectivity index (χ1n) is 11.8. The molecule has 0 saturated carbocycles. The normalized spacial score (nSPS) is 11.5. The summed E-state index contributed by atoms with van der Waals surface area (Å²) < 4.78 is 5.27. The number of nitrogens with zero attached hydrogens (tertiary/aromatic N) is 2. The lowest BCUT2D eigenvalue weighted by atomic mass is 10.0. The van der Waals surface area contributed by atoms with E-state index in [0.717, 1.165) is 5.56 Å². The molecule has 3 rings (SSSR count). The van der Waals surface area contributed by atoms with Gasteiger partial charge < -0.3 is 15.4 Å². The average Bonchev–Trinajstić information content (AvgIpc) is 2.86. The van der Waals surface area contributed by atoms with E-state index in [2.05, 4.69) is 15.6 Å². The number of ether oxygens (including phenoxy) is 1. The van der Waals surface area contributed by atoms with Crippen molar-refractivity contribution in [1.29, 1.82) is 0 Å². The van der Waals surface area contributed by atoms with Crippen molar-refractivity contribution in [3.63, 3.8) is 0 Å². The monoisotopic (exact) mass is 488 g/mol. The minimum Gasteiger partial charge on any atom is -0.497 e. The predicted octanol–water partition coefficient (Wildman–Crippen LogP) is 4.42. The smallest absolute Gasteiger partial charge is 0.248 e. The summed E-state index contributed by atoms with van der Waals surface area (Å²) in [5, 5.41) is 5.64. The first-order chi connectivity index (χ1) is 17.3. The molecule has 0 radical (unpaired) electrons. The molecule has 1 heterocycles. The Morgan fingerprint density at radius 3 is 2.25 bits per heavy atom. The Kier molecular flexibility index (Phi) is 9.16. The Morgan fingerprint density at radius 1 is 0.944 bits per heavy atom. The summed E-state index contributed by atoms with van der Waals surface area (Å²) in [4.78, 5) is 45.3. The number of pyridine rings is 1. The highest BCUT2D eigenvalue weighted by Gasteiger charge is 2.33. The number of amides is 3.